The fraction of sp³-hybridized carbons (Fsp3) is 0.417. The van der Waals surface area contributed by atoms with Crippen molar-refractivity contribution in [2.75, 3.05) is 32.8 Å². The summed E-state index contributed by atoms with van der Waals surface area (Å²) >= 11 is 0. The molecule has 2 amide bonds. The summed E-state index contributed by atoms with van der Waals surface area (Å²) in [7, 11) is 0. The van der Waals surface area contributed by atoms with Gasteiger partial charge in [0.05, 0.1) is 31.5 Å². The highest BCUT2D eigenvalue weighted by Gasteiger charge is 2.30. The van der Waals surface area contributed by atoms with E-state index < -0.39 is 17.8 Å². The zero-order valence-corrected chi connectivity index (χ0v) is 18.6. The smallest absolute Gasteiger partial charge is 0.416 e. The molecule has 2 aromatic rings. The van der Waals surface area contributed by atoms with Crippen LogP contribution in [0, 0.1) is 0 Å². The molecule has 1 aliphatic heterocycles. The van der Waals surface area contributed by atoms with E-state index in [4.69, 9.17) is 14.2 Å². The molecule has 34 heavy (non-hydrogen) atoms. The van der Waals surface area contributed by atoms with Crippen LogP contribution in [-0.2, 0) is 38.4 Å². The predicted molar refractivity (Wildman–Crippen MR) is 117 cm³/mol. The second-order valence-corrected chi connectivity index (χ2v) is 7.78. The molecule has 0 saturated carbocycles. The standard InChI is InChI=1S/C24H27F3N2O5/c25-24(26,27)20-8-4-7-19(13-20)15-32-17-21-14-29(11-12-33-21)22(30)9-10-28-23(31)34-16-18-5-2-1-3-6-18/h1-8,13,21H,9-12,14-17H2,(H,28,31)/t21-/m0/s1. The molecule has 1 heterocycles. The van der Waals surface area contributed by atoms with Crippen molar-refractivity contribution in [1.82, 2.24) is 10.2 Å². The highest BCUT2D eigenvalue weighted by atomic mass is 19.4. The Bertz CT molecular complexity index is 940. The molecule has 0 aromatic heterocycles. The van der Waals surface area contributed by atoms with Crippen LogP contribution in [0.4, 0.5) is 18.0 Å². The van der Waals surface area contributed by atoms with Gasteiger partial charge in [-0.05, 0) is 23.3 Å². The number of ether oxygens (including phenoxy) is 3. The van der Waals surface area contributed by atoms with E-state index in [9.17, 15) is 22.8 Å². The number of halogens is 3. The number of nitrogens with zero attached hydrogens (tertiary/aromatic N) is 1. The quantitative estimate of drug-likeness (QED) is 0.592. The number of alkyl carbamates (subject to hydrolysis) is 1. The van der Waals surface area contributed by atoms with Crippen molar-refractivity contribution in [1.29, 1.82) is 0 Å². The molecule has 1 fully saturated rings. The number of carbonyl (C=O) groups excluding carboxylic acids is 2. The van der Waals surface area contributed by atoms with Crippen LogP contribution >= 0.6 is 0 Å². The summed E-state index contributed by atoms with van der Waals surface area (Å²) in [4.78, 5) is 25.9. The van der Waals surface area contributed by atoms with Crippen LogP contribution < -0.4 is 5.32 Å². The van der Waals surface area contributed by atoms with Gasteiger partial charge in [-0.25, -0.2) is 4.79 Å². The molecule has 3 rings (SSSR count). The number of benzene rings is 2. The van der Waals surface area contributed by atoms with E-state index in [2.05, 4.69) is 5.32 Å². The van der Waals surface area contributed by atoms with Gasteiger partial charge in [-0.3, -0.25) is 4.79 Å². The molecule has 0 bridgehead atoms. The minimum Gasteiger partial charge on any atom is -0.445 e. The molecule has 0 unspecified atom stereocenters. The van der Waals surface area contributed by atoms with E-state index in [0.717, 1.165) is 17.7 Å². The van der Waals surface area contributed by atoms with Crippen molar-refractivity contribution in [3.05, 3.63) is 71.3 Å². The maximum absolute atomic E-state index is 12.8. The van der Waals surface area contributed by atoms with Crippen LogP contribution in [0.15, 0.2) is 54.6 Å². The molecule has 10 heteroatoms. The summed E-state index contributed by atoms with van der Waals surface area (Å²) in [5.41, 5.74) is 0.545. The van der Waals surface area contributed by atoms with Crippen LogP contribution in [0.1, 0.15) is 23.1 Å². The summed E-state index contributed by atoms with van der Waals surface area (Å²) in [6.07, 6.45) is -5.28. The molecule has 184 valence electrons. The van der Waals surface area contributed by atoms with Gasteiger partial charge < -0.3 is 24.4 Å². The van der Waals surface area contributed by atoms with Crippen molar-refractivity contribution in [2.24, 2.45) is 0 Å². The highest BCUT2D eigenvalue weighted by molar-refractivity contribution is 5.77. The molecule has 0 radical (unpaired) electrons. The van der Waals surface area contributed by atoms with Gasteiger partial charge in [-0.2, -0.15) is 13.2 Å². The lowest BCUT2D eigenvalue weighted by Gasteiger charge is -2.33. The normalized spacial score (nSPS) is 16.2. The number of rotatable bonds is 9. The number of alkyl halides is 3. The average molecular weight is 480 g/mol. The van der Waals surface area contributed by atoms with E-state index >= 15 is 0 Å². The van der Waals surface area contributed by atoms with Gasteiger partial charge in [0.1, 0.15) is 6.61 Å². The van der Waals surface area contributed by atoms with Gasteiger partial charge in [0.15, 0.2) is 0 Å². The topological polar surface area (TPSA) is 77.1 Å². The van der Waals surface area contributed by atoms with Crippen LogP contribution in [0.2, 0.25) is 0 Å². The van der Waals surface area contributed by atoms with E-state index in [1.54, 1.807) is 11.0 Å². The second kappa shape index (κ2) is 12.4. The zero-order valence-electron chi connectivity index (χ0n) is 18.6. The molecular formula is C24H27F3N2O5. The number of amides is 2. The molecule has 2 aromatic carbocycles. The third kappa shape index (κ3) is 8.35. The maximum Gasteiger partial charge on any atom is 0.416 e. The molecule has 1 N–H and O–H groups in total. The van der Waals surface area contributed by atoms with Gasteiger partial charge in [-0.1, -0.05) is 42.5 Å². The van der Waals surface area contributed by atoms with Crippen LogP contribution in [0.3, 0.4) is 0 Å². The third-order valence-corrected chi connectivity index (χ3v) is 5.14. The lowest BCUT2D eigenvalue weighted by Crippen LogP contribution is -2.47. The van der Waals surface area contributed by atoms with Crippen molar-refractivity contribution >= 4 is 12.0 Å². The number of hydrogen-bond donors (Lipinski definition) is 1. The first-order valence-electron chi connectivity index (χ1n) is 10.9. The number of morpholine rings is 1. The lowest BCUT2D eigenvalue weighted by molar-refractivity contribution is -0.141. The number of hydrogen-bond acceptors (Lipinski definition) is 5. The van der Waals surface area contributed by atoms with Gasteiger partial charge in [0.25, 0.3) is 0 Å². The van der Waals surface area contributed by atoms with Crippen LogP contribution in [0.5, 0.6) is 0 Å². The Morgan fingerprint density at radius 1 is 1.06 bits per heavy atom. The monoisotopic (exact) mass is 480 g/mol. The van der Waals surface area contributed by atoms with Crippen molar-refractivity contribution in [2.45, 2.75) is 31.9 Å². The highest BCUT2D eigenvalue weighted by Crippen LogP contribution is 2.29. The Kier molecular flexibility index (Phi) is 9.29. The largest absolute Gasteiger partial charge is 0.445 e. The van der Waals surface area contributed by atoms with Gasteiger partial charge >= 0.3 is 12.3 Å². The third-order valence-electron chi connectivity index (χ3n) is 5.14. The van der Waals surface area contributed by atoms with Crippen molar-refractivity contribution < 1.29 is 37.0 Å². The summed E-state index contributed by atoms with van der Waals surface area (Å²) in [5, 5.41) is 2.56. The molecular weight excluding hydrogens is 453 g/mol. The SMILES string of the molecule is O=C(NCCC(=O)N1CCO[C@H](COCc2cccc(C(F)(F)F)c2)C1)OCc1ccccc1. The number of carbonyl (C=O) groups is 2. The minimum absolute atomic E-state index is 0.00669. The molecule has 0 aliphatic carbocycles. The molecule has 1 aliphatic rings. The van der Waals surface area contributed by atoms with E-state index in [0.29, 0.717) is 25.3 Å². The van der Waals surface area contributed by atoms with E-state index in [-0.39, 0.29) is 44.8 Å². The van der Waals surface area contributed by atoms with Gasteiger partial charge in [-0.15, -0.1) is 0 Å². The first kappa shape index (κ1) is 25.5. The van der Waals surface area contributed by atoms with Crippen molar-refractivity contribution in [3.8, 4) is 0 Å². The fourth-order valence-electron chi connectivity index (χ4n) is 3.40. The van der Waals surface area contributed by atoms with Crippen molar-refractivity contribution in [3.63, 3.8) is 0 Å². The fourth-order valence-corrected chi connectivity index (χ4v) is 3.40. The number of nitrogens with one attached hydrogen (secondary N) is 1. The Labute approximate surface area is 195 Å². The predicted octanol–water partition coefficient (Wildman–Crippen LogP) is 3.77. The van der Waals surface area contributed by atoms with Crippen LogP contribution in [0.25, 0.3) is 0 Å². The molecule has 0 spiro atoms. The minimum atomic E-state index is -4.41. The maximum atomic E-state index is 12.8. The second-order valence-electron chi connectivity index (χ2n) is 7.78. The summed E-state index contributed by atoms with van der Waals surface area (Å²) in [6.45, 7) is 1.49. The average Bonchev–Trinajstić information content (AvgIpc) is 2.83. The zero-order chi connectivity index (χ0) is 24.4. The molecule has 1 atom stereocenters. The lowest BCUT2D eigenvalue weighted by atomic mass is 10.1. The Morgan fingerprint density at radius 2 is 1.82 bits per heavy atom. The van der Waals surface area contributed by atoms with E-state index in [1.165, 1.54) is 6.07 Å². The Hall–Kier alpha value is -3.11. The molecule has 7 nitrogen and oxygen atoms in total. The van der Waals surface area contributed by atoms with Crippen LogP contribution in [-0.4, -0.2) is 55.9 Å². The van der Waals surface area contributed by atoms with Gasteiger partial charge in [0, 0.05) is 26.1 Å². The Morgan fingerprint density at radius 3 is 2.59 bits per heavy atom. The van der Waals surface area contributed by atoms with Gasteiger partial charge in [0.2, 0.25) is 5.91 Å². The summed E-state index contributed by atoms with van der Waals surface area (Å²) < 4.78 is 54.7. The summed E-state index contributed by atoms with van der Waals surface area (Å²) in [5.74, 6) is -0.144. The molecule has 1 saturated heterocycles. The summed E-state index contributed by atoms with van der Waals surface area (Å²) in [6, 6.07) is 14.2. The Balaban J connectivity index is 1.34. The van der Waals surface area contributed by atoms with E-state index in [1.807, 2.05) is 30.3 Å². The first-order chi connectivity index (χ1) is 16.3. The first-order valence-corrected chi connectivity index (χ1v) is 10.9.